The normalized spacial score (nSPS) is 12.6. The number of aromatic nitrogens is 2. The van der Waals surface area contributed by atoms with Gasteiger partial charge in [0, 0.05) is 18.1 Å². The number of nitrogens with zero attached hydrogens (tertiary/aromatic N) is 2. The molecule has 0 saturated carbocycles. The van der Waals surface area contributed by atoms with Gasteiger partial charge in [0.2, 0.25) is 0 Å². The van der Waals surface area contributed by atoms with Crippen LogP contribution >= 0.6 is 11.6 Å². The molecule has 1 aromatic carbocycles. The predicted molar refractivity (Wildman–Crippen MR) is 69.2 cm³/mol. The van der Waals surface area contributed by atoms with E-state index in [0.29, 0.717) is 21.4 Å². The highest BCUT2D eigenvalue weighted by Crippen LogP contribution is 2.22. The van der Waals surface area contributed by atoms with E-state index in [0.717, 1.165) is 5.69 Å². The molecule has 1 heterocycles. The van der Waals surface area contributed by atoms with Crippen molar-refractivity contribution >= 4 is 28.1 Å². The minimum atomic E-state index is -1.16. The molecule has 2 aromatic rings. The molecule has 1 unspecified atom stereocenters. The van der Waals surface area contributed by atoms with Crippen molar-refractivity contribution in [2.75, 3.05) is 5.73 Å². The highest BCUT2D eigenvalue weighted by atomic mass is 35.5. The van der Waals surface area contributed by atoms with Gasteiger partial charge in [0.1, 0.15) is 0 Å². The third-order valence-electron chi connectivity index (χ3n) is 2.28. The molecule has 0 saturated heterocycles. The van der Waals surface area contributed by atoms with Crippen LogP contribution in [-0.4, -0.2) is 14.0 Å². The number of halogens is 1. The lowest BCUT2D eigenvalue weighted by molar-refractivity contribution is 0.680. The Morgan fingerprint density at radius 3 is 2.82 bits per heavy atom. The maximum atomic E-state index is 12.0. The molecule has 0 spiro atoms. The summed E-state index contributed by atoms with van der Waals surface area (Å²) >= 11 is 5.89. The second-order valence-corrected chi connectivity index (χ2v) is 5.51. The van der Waals surface area contributed by atoms with Crippen LogP contribution in [0.25, 0.3) is 0 Å². The largest absolute Gasteiger partial charge is 0.398 e. The van der Waals surface area contributed by atoms with Crippen molar-refractivity contribution < 1.29 is 4.21 Å². The topological polar surface area (TPSA) is 60.9 Å². The van der Waals surface area contributed by atoms with Crippen molar-refractivity contribution in [3.8, 4) is 0 Å². The lowest BCUT2D eigenvalue weighted by Crippen LogP contribution is -1.99. The Morgan fingerprint density at radius 2 is 2.24 bits per heavy atom. The minimum Gasteiger partial charge on any atom is -0.398 e. The van der Waals surface area contributed by atoms with Crippen LogP contribution in [-0.2, 0) is 23.6 Å². The molecule has 0 amide bonds. The summed E-state index contributed by atoms with van der Waals surface area (Å²) in [4.78, 5) is 0.662. The van der Waals surface area contributed by atoms with Crippen molar-refractivity contribution in [1.29, 1.82) is 0 Å². The second-order valence-electron chi connectivity index (χ2n) is 3.65. The molecule has 4 nitrogen and oxygen atoms in total. The van der Waals surface area contributed by atoms with E-state index in [1.165, 1.54) is 0 Å². The fourth-order valence-electron chi connectivity index (χ4n) is 1.41. The fraction of sp³-hybridized carbons (Fsp3) is 0.182. The standard InChI is InChI=1S/C11H12ClN3OS/c1-15-5-4-8(14-15)7-17(16)9-2-3-11(13)10(12)6-9/h2-6H,7,13H2,1H3. The Kier molecular flexibility index (Phi) is 3.49. The third kappa shape index (κ3) is 2.87. The number of hydrogen-bond acceptors (Lipinski definition) is 3. The summed E-state index contributed by atoms with van der Waals surface area (Å²) in [6.07, 6.45) is 1.82. The minimum absolute atomic E-state index is 0.376. The lowest BCUT2D eigenvalue weighted by atomic mass is 10.3. The summed E-state index contributed by atoms with van der Waals surface area (Å²) < 4.78 is 13.7. The SMILES string of the molecule is Cn1ccc(CS(=O)c2ccc(N)c(Cl)c2)n1. The van der Waals surface area contributed by atoms with Crippen molar-refractivity contribution in [3.05, 3.63) is 41.2 Å². The zero-order chi connectivity index (χ0) is 12.4. The average Bonchev–Trinajstić information content (AvgIpc) is 2.68. The zero-order valence-electron chi connectivity index (χ0n) is 9.26. The van der Waals surface area contributed by atoms with Gasteiger partial charge in [-0.3, -0.25) is 8.89 Å². The van der Waals surface area contributed by atoms with Crippen LogP contribution in [0.15, 0.2) is 35.4 Å². The van der Waals surface area contributed by atoms with E-state index in [4.69, 9.17) is 17.3 Å². The molecule has 17 heavy (non-hydrogen) atoms. The summed E-state index contributed by atoms with van der Waals surface area (Å²) in [5.74, 6) is 0.376. The Balaban J connectivity index is 2.17. The highest BCUT2D eigenvalue weighted by molar-refractivity contribution is 7.84. The molecule has 2 rings (SSSR count). The molecular weight excluding hydrogens is 258 g/mol. The van der Waals surface area contributed by atoms with E-state index >= 15 is 0 Å². The molecule has 0 fully saturated rings. The van der Waals surface area contributed by atoms with Gasteiger partial charge in [-0.05, 0) is 24.3 Å². The van der Waals surface area contributed by atoms with Gasteiger partial charge in [-0.2, -0.15) is 5.10 Å². The first kappa shape index (κ1) is 12.1. The maximum absolute atomic E-state index is 12.0. The quantitative estimate of drug-likeness (QED) is 0.867. The van der Waals surface area contributed by atoms with Gasteiger partial charge in [0.15, 0.2) is 0 Å². The third-order valence-corrected chi connectivity index (χ3v) is 3.95. The van der Waals surface area contributed by atoms with Gasteiger partial charge >= 0.3 is 0 Å². The van der Waals surface area contributed by atoms with Crippen molar-refractivity contribution in [3.63, 3.8) is 0 Å². The molecule has 6 heteroatoms. The number of aryl methyl sites for hydroxylation is 1. The maximum Gasteiger partial charge on any atom is 0.0753 e. The Hall–Kier alpha value is -1.33. The van der Waals surface area contributed by atoms with Gasteiger partial charge in [-0.15, -0.1) is 0 Å². The van der Waals surface area contributed by atoms with Gasteiger partial charge in [-0.1, -0.05) is 11.6 Å². The van der Waals surface area contributed by atoms with Crippen LogP contribution in [0.2, 0.25) is 5.02 Å². The van der Waals surface area contributed by atoms with E-state index < -0.39 is 10.8 Å². The second kappa shape index (κ2) is 4.89. The Labute approximate surface area is 107 Å². The first-order chi connectivity index (χ1) is 8.06. The summed E-state index contributed by atoms with van der Waals surface area (Å²) in [5, 5.41) is 4.61. The molecular formula is C11H12ClN3OS. The van der Waals surface area contributed by atoms with E-state index in [2.05, 4.69) is 5.10 Å². The first-order valence-corrected chi connectivity index (χ1v) is 6.68. The molecule has 1 aromatic heterocycles. The smallest absolute Gasteiger partial charge is 0.0753 e. The molecule has 0 aliphatic carbocycles. The lowest BCUT2D eigenvalue weighted by Gasteiger charge is -2.03. The first-order valence-electron chi connectivity index (χ1n) is 4.98. The Morgan fingerprint density at radius 1 is 1.47 bits per heavy atom. The van der Waals surface area contributed by atoms with Crippen molar-refractivity contribution in [2.24, 2.45) is 7.05 Å². The molecule has 0 radical (unpaired) electrons. The molecule has 0 bridgehead atoms. The van der Waals surface area contributed by atoms with Gasteiger partial charge in [0.05, 0.1) is 33.0 Å². The number of nitrogen functional groups attached to an aromatic ring is 1. The molecule has 2 N–H and O–H groups in total. The number of hydrogen-bond donors (Lipinski definition) is 1. The van der Waals surface area contributed by atoms with Crippen molar-refractivity contribution in [1.82, 2.24) is 9.78 Å². The van der Waals surface area contributed by atoms with E-state index in [1.807, 2.05) is 19.3 Å². The van der Waals surface area contributed by atoms with E-state index in [1.54, 1.807) is 22.9 Å². The number of rotatable bonds is 3. The van der Waals surface area contributed by atoms with Gasteiger partial charge in [0.25, 0.3) is 0 Å². The molecule has 0 aliphatic rings. The summed E-state index contributed by atoms with van der Waals surface area (Å²) in [5.41, 5.74) is 6.88. The molecule has 90 valence electrons. The molecule has 1 atom stereocenters. The van der Waals surface area contributed by atoms with Crippen LogP contribution in [0.5, 0.6) is 0 Å². The van der Waals surface area contributed by atoms with Crippen LogP contribution in [0, 0.1) is 0 Å². The van der Waals surface area contributed by atoms with E-state index in [-0.39, 0.29) is 0 Å². The van der Waals surface area contributed by atoms with Gasteiger partial charge < -0.3 is 5.73 Å². The highest BCUT2D eigenvalue weighted by Gasteiger charge is 2.08. The summed E-state index contributed by atoms with van der Waals surface area (Å²) in [6.45, 7) is 0. The fourth-order valence-corrected chi connectivity index (χ4v) is 2.71. The molecule has 0 aliphatic heterocycles. The van der Waals surface area contributed by atoms with Gasteiger partial charge in [-0.25, -0.2) is 0 Å². The summed E-state index contributed by atoms with van der Waals surface area (Å²) in [7, 11) is 0.670. The predicted octanol–water partition coefficient (Wildman–Crippen LogP) is 1.96. The van der Waals surface area contributed by atoms with Crippen LogP contribution < -0.4 is 5.73 Å². The van der Waals surface area contributed by atoms with Crippen LogP contribution in [0.1, 0.15) is 5.69 Å². The van der Waals surface area contributed by atoms with Crippen molar-refractivity contribution in [2.45, 2.75) is 10.6 Å². The zero-order valence-corrected chi connectivity index (χ0v) is 10.8. The summed E-state index contributed by atoms with van der Waals surface area (Å²) in [6, 6.07) is 6.86. The van der Waals surface area contributed by atoms with Crippen LogP contribution in [0.4, 0.5) is 5.69 Å². The van der Waals surface area contributed by atoms with Crippen LogP contribution in [0.3, 0.4) is 0 Å². The monoisotopic (exact) mass is 269 g/mol. The average molecular weight is 270 g/mol. The van der Waals surface area contributed by atoms with E-state index in [9.17, 15) is 4.21 Å². The number of nitrogens with two attached hydrogens (primary N) is 1. The number of benzene rings is 1. The number of anilines is 1. The Bertz CT molecular complexity index is 568.